The predicted molar refractivity (Wildman–Crippen MR) is 418 cm³/mol. The normalized spacial score (nSPS) is 12.3. The Morgan fingerprint density at radius 1 is 0.133 bits per heavy atom. The van der Waals surface area contributed by atoms with E-state index in [1.54, 1.807) is 0 Å². The Morgan fingerprint density at radius 3 is 1.04 bits per heavy atom. The van der Waals surface area contributed by atoms with Crippen LogP contribution in [0, 0.1) is 0 Å². The molecule has 2 nitrogen and oxygen atoms in total. The highest BCUT2D eigenvalue weighted by Gasteiger charge is 2.24. The summed E-state index contributed by atoms with van der Waals surface area (Å²) in [5.74, 6) is 0. The summed E-state index contributed by atoms with van der Waals surface area (Å²) in [5, 5.41) is 33.8. The van der Waals surface area contributed by atoms with Crippen LogP contribution in [0.4, 0.5) is 0 Å². The lowest BCUT2D eigenvalue weighted by molar-refractivity contribution is 0.669. The van der Waals surface area contributed by atoms with Crippen molar-refractivity contribution in [3.8, 4) is 55.6 Å². The third kappa shape index (κ3) is 7.74. The van der Waals surface area contributed by atoms with Crippen molar-refractivity contribution < 1.29 is 8.83 Å². The number of furan rings is 2. The van der Waals surface area contributed by atoms with Crippen molar-refractivity contribution in [2.24, 2.45) is 0 Å². The monoisotopic (exact) mass is 1240 g/mol. The number of rotatable bonds is 5. The third-order valence-corrected chi connectivity index (χ3v) is 21.7. The number of benzene rings is 20. The summed E-state index contributed by atoms with van der Waals surface area (Å²) < 4.78 is 13.4. The standard InChI is InChI=1S/C96H54O2/c1-3-19-57-51-90-86(46-55(57)17-1)71-42-38-64(53-88(71)97-90)92-74-24-7-11-28-78(74)94(79-29-12-8-25-75(79)92)73-34-16-33-69-70(73)41-36-63-49-83-60(48-84(63)69)22-15-32-66(83)61-35-40-67-62(45-61)37-44-82-85(67)50-59-21-5-6-23-68(59)95(82)96-80-30-13-9-26-76(80)93(77-27-10-14-31-81(77)96)65-39-43-72-87-47-56-18-2-4-20-58(56)52-91(87)98-89(72)54-65/h1-54H. The van der Waals surface area contributed by atoms with Crippen molar-refractivity contribution in [1.29, 1.82) is 0 Å². The van der Waals surface area contributed by atoms with Crippen molar-refractivity contribution >= 4 is 173 Å². The molecule has 0 fully saturated rings. The molecule has 450 valence electrons. The van der Waals surface area contributed by atoms with Gasteiger partial charge in [-0.2, -0.15) is 0 Å². The molecule has 0 N–H and O–H groups in total. The molecule has 0 atom stereocenters. The van der Waals surface area contributed by atoms with E-state index in [4.69, 9.17) is 8.83 Å². The van der Waals surface area contributed by atoms with Crippen molar-refractivity contribution in [1.82, 2.24) is 0 Å². The van der Waals surface area contributed by atoms with Gasteiger partial charge in [-0.1, -0.05) is 255 Å². The van der Waals surface area contributed by atoms with Crippen molar-refractivity contribution in [3.63, 3.8) is 0 Å². The van der Waals surface area contributed by atoms with E-state index in [9.17, 15) is 0 Å². The van der Waals surface area contributed by atoms with Crippen LogP contribution in [0.25, 0.3) is 229 Å². The van der Waals surface area contributed by atoms with Gasteiger partial charge in [0.15, 0.2) is 0 Å². The highest BCUT2D eigenvalue weighted by Crippen LogP contribution is 2.52. The highest BCUT2D eigenvalue weighted by atomic mass is 16.3. The van der Waals surface area contributed by atoms with E-state index in [0.717, 1.165) is 55.0 Å². The molecule has 0 amide bonds. The van der Waals surface area contributed by atoms with E-state index in [2.05, 4.69) is 328 Å². The lowest BCUT2D eigenvalue weighted by Gasteiger charge is -2.21. The Hall–Kier alpha value is -12.9. The molecule has 2 aromatic heterocycles. The minimum Gasteiger partial charge on any atom is -0.456 e. The second-order valence-corrected chi connectivity index (χ2v) is 26.8. The first-order chi connectivity index (χ1) is 48.6. The van der Waals surface area contributed by atoms with E-state index in [1.807, 2.05) is 0 Å². The Morgan fingerprint density at radius 2 is 0.469 bits per heavy atom. The Bertz CT molecular complexity index is 7190. The average molecular weight is 1240 g/mol. The molecule has 0 aliphatic heterocycles. The van der Waals surface area contributed by atoms with Crippen LogP contribution in [0.5, 0.6) is 0 Å². The summed E-state index contributed by atoms with van der Waals surface area (Å²) in [5.41, 5.74) is 15.7. The van der Waals surface area contributed by atoms with Gasteiger partial charge in [0, 0.05) is 21.5 Å². The van der Waals surface area contributed by atoms with E-state index in [0.29, 0.717) is 0 Å². The van der Waals surface area contributed by atoms with Gasteiger partial charge in [0.05, 0.1) is 0 Å². The first-order valence-electron chi connectivity index (χ1n) is 33.9. The lowest BCUT2D eigenvalue weighted by Crippen LogP contribution is -1.93. The zero-order valence-electron chi connectivity index (χ0n) is 53.0. The predicted octanol–water partition coefficient (Wildman–Crippen LogP) is 27.7. The average Bonchev–Trinajstić information content (AvgIpc) is 0.959. The second-order valence-electron chi connectivity index (χ2n) is 26.8. The van der Waals surface area contributed by atoms with Gasteiger partial charge in [0.1, 0.15) is 22.3 Å². The van der Waals surface area contributed by atoms with Crippen molar-refractivity contribution in [3.05, 3.63) is 328 Å². The molecular weight excluding hydrogens is 1190 g/mol. The fraction of sp³-hybridized carbons (Fsp3) is 0. The van der Waals surface area contributed by atoms with Gasteiger partial charge in [-0.3, -0.25) is 0 Å². The summed E-state index contributed by atoms with van der Waals surface area (Å²) in [7, 11) is 0. The maximum atomic E-state index is 6.71. The van der Waals surface area contributed by atoms with Crippen LogP contribution in [0.1, 0.15) is 0 Å². The van der Waals surface area contributed by atoms with Gasteiger partial charge in [-0.05, 0) is 258 Å². The van der Waals surface area contributed by atoms with Crippen molar-refractivity contribution in [2.75, 3.05) is 0 Å². The van der Waals surface area contributed by atoms with Crippen LogP contribution in [0.3, 0.4) is 0 Å². The minimum absolute atomic E-state index is 0.892. The Kier molecular flexibility index (Phi) is 11.1. The zero-order chi connectivity index (χ0) is 63.8. The first-order valence-corrected chi connectivity index (χ1v) is 33.9. The third-order valence-electron chi connectivity index (χ3n) is 21.7. The van der Waals surface area contributed by atoms with Gasteiger partial charge in [-0.15, -0.1) is 0 Å². The lowest BCUT2D eigenvalue weighted by atomic mass is 9.82. The van der Waals surface area contributed by atoms with E-state index in [1.165, 1.54) is 174 Å². The van der Waals surface area contributed by atoms with Gasteiger partial charge in [0.2, 0.25) is 0 Å². The van der Waals surface area contributed by atoms with Gasteiger partial charge in [-0.25, -0.2) is 0 Å². The summed E-state index contributed by atoms with van der Waals surface area (Å²) >= 11 is 0. The van der Waals surface area contributed by atoms with E-state index in [-0.39, 0.29) is 0 Å². The van der Waals surface area contributed by atoms with Crippen LogP contribution in [-0.2, 0) is 0 Å². The second kappa shape index (κ2) is 20.3. The van der Waals surface area contributed by atoms with Gasteiger partial charge < -0.3 is 8.83 Å². The van der Waals surface area contributed by atoms with Gasteiger partial charge in [0.25, 0.3) is 0 Å². The minimum atomic E-state index is 0.892. The summed E-state index contributed by atoms with van der Waals surface area (Å²) in [6.45, 7) is 0. The largest absolute Gasteiger partial charge is 0.456 e. The summed E-state index contributed by atoms with van der Waals surface area (Å²) in [6, 6.07) is 122. The van der Waals surface area contributed by atoms with E-state index >= 15 is 0 Å². The number of hydrogen-bond donors (Lipinski definition) is 0. The molecule has 22 rings (SSSR count). The topological polar surface area (TPSA) is 26.3 Å². The van der Waals surface area contributed by atoms with Gasteiger partial charge >= 0.3 is 0 Å². The molecule has 2 heteroatoms. The molecule has 0 aliphatic rings. The molecule has 0 unspecified atom stereocenters. The van der Waals surface area contributed by atoms with Crippen LogP contribution in [0.15, 0.2) is 336 Å². The molecule has 0 bridgehead atoms. The summed E-state index contributed by atoms with van der Waals surface area (Å²) in [4.78, 5) is 0. The van der Waals surface area contributed by atoms with Crippen LogP contribution < -0.4 is 0 Å². The number of hydrogen-bond acceptors (Lipinski definition) is 2. The maximum Gasteiger partial charge on any atom is 0.136 e. The van der Waals surface area contributed by atoms with Crippen molar-refractivity contribution in [2.45, 2.75) is 0 Å². The zero-order valence-corrected chi connectivity index (χ0v) is 53.0. The molecule has 2 heterocycles. The molecular formula is C96H54O2. The molecule has 0 spiro atoms. The smallest absolute Gasteiger partial charge is 0.136 e. The molecule has 0 saturated carbocycles. The Balaban J connectivity index is 0.664. The molecule has 22 aromatic rings. The van der Waals surface area contributed by atoms with Crippen LogP contribution in [0.2, 0.25) is 0 Å². The van der Waals surface area contributed by atoms with Crippen LogP contribution >= 0.6 is 0 Å². The first kappa shape index (κ1) is 53.5. The molecule has 0 aliphatic carbocycles. The number of fused-ring (bicyclic) bond motifs is 20. The molecule has 20 aromatic carbocycles. The molecule has 0 saturated heterocycles. The quantitative estimate of drug-likeness (QED) is 0.127. The fourth-order valence-electron chi connectivity index (χ4n) is 17.3. The Labute approximate surface area is 561 Å². The van der Waals surface area contributed by atoms with Crippen LogP contribution in [-0.4, -0.2) is 0 Å². The maximum absolute atomic E-state index is 6.71. The molecule has 98 heavy (non-hydrogen) atoms. The summed E-state index contributed by atoms with van der Waals surface area (Å²) in [6.07, 6.45) is 0. The molecule has 0 radical (unpaired) electrons. The highest BCUT2D eigenvalue weighted by molar-refractivity contribution is 6.31. The SMILES string of the molecule is c1ccc2cc3c(cc2c1)oc1cc(-c2c4ccccc4c(-c4cccc5c4ccc4cc6c(-c7ccc8c(ccc9c(-c%10c%11ccccc%11c(-c%11ccc%12c(c%11)oc%11cc%13ccccc%13cc%11%12)c%11ccccc%10%11)c%10ccccc%10cc98)c7)cccc6cc45)c4ccccc24)ccc13. The van der Waals surface area contributed by atoms with E-state index < -0.39 is 0 Å². The fourth-order valence-corrected chi connectivity index (χ4v) is 17.3.